The molecule has 2 aromatic carbocycles. The molecule has 108 valence electrons. The molecule has 1 N–H and O–H groups in total. The number of fused-ring (bicyclic) bond motifs is 2. The lowest BCUT2D eigenvalue weighted by Crippen LogP contribution is -2.28. The summed E-state index contributed by atoms with van der Waals surface area (Å²) in [6.07, 6.45) is 2.49. The maximum atomic E-state index is 3.43. The Morgan fingerprint density at radius 3 is 2.86 bits per heavy atom. The van der Waals surface area contributed by atoms with Crippen LogP contribution in [0.2, 0.25) is 0 Å². The SMILES string of the molecule is Cc1ccc2c(c1)CCCN2Cc1ccc2c(c1)CNC2. The number of hydrogen-bond acceptors (Lipinski definition) is 2. The lowest BCUT2D eigenvalue weighted by Gasteiger charge is -2.31. The molecule has 0 radical (unpaired) electrons. The fourth-order valence-corrected chi connectivity index (χ4v) is 3.63. The Balaban J connectivity index is 1.61. The number of rotatable bonds is 2. The van der Waals surface area contributed by atoms with Crippen molar-refractivity contribution in [2.75, 3.05) is 11.4 Å². The Bertz CT molecular complexity index is 675. The van der Waals surface area contributed by atoms with Gasteiger partial charge < -0.3 is 10.2 Å². The van der Waals surface area contributed by atoms with E-state index in [9.17, 15) is 0 Å². The quantitative estimate of drug-likeness (QED) is 0.903. The molecular formula is C19H22N2. The van der Waals surface area contributed by atoms with Gasteiger partial charge in [-0.25, -0.2) is 0 Å². The van der Waals surface area contributed by atoms with E-state index < -0.39 is 0 Å². The van der Waals surface area contributed by atoms with Crippen molar-refractivity contribution >= 4 is 5.69 Å². The molecule has 0 fully saturated rings. The molecule has 0 saturated heterocycles. The van der Waals surface area contributed by atoms with Crippen LogP contribution in [0.1, 0.15) is 34.2 Å². The molecule has 2 aliphatic heterocycles. The van der Waals surface area contributed by atoms with Gasteiger partial charge in [-0.2, -0.15) is 0 Å². The molecule has 0 amide bonds. The van der Waals surface area contributed by atoms with Crippen LogP contribution in [0.15, 0.2) is 36.4 Å². The minimum absolute atomic E-state index is 1.03. The summed E-state index contributed by atoms with van der Waals surface area (Å²) in [6.45, 7) is 6.45. The first kappa shape index (κ1) is 12.9. The van der Waals surface area contributed by atoms with E-state index >= 15 is 0 Å². The Labute approximate surface area is 126 Å². The number of nitrogens with zero attached hydrogens (tertiary/aromatic N) is 1. The Hall–Kier alpha value is -1.80. The molecule has 21 heavy (non-hydrogen) atoms. The highest BCUT2D eigenvalue weighted by Crippen LogP contribution is 2.29. The number of anilines is 1. The van der Waals surface area contributed by atoms with Crippen molar-refractivity contribution in [1.29, 1.82) is 0 Å². The maximum absolute atomic E-state index is 3.43. The average molecular weight is 278 g/mol. The van der Waals surface area contributed by atoms with Gasteiger partial charge in [0, 0.05) is 31.9 Å². The molecule has 2 heterocycles. The van der Waals surface area contributed by atoms with Gasteiger partial charge in [0.2, 0.25) is 0 Å². The van der Waals surface area contributed by atoms with Crippen LogP contribution in [0.25, 0.3) is 0 Å². The topological polar surface area (TPSA) is 15.3 Å². The predicted molar refractivity (Wildman–Crippen MR) is 87.5 cm³/mol. The van der Waals surface area contributed by atoms with Crippen LogP contribution in [0, 0.1) is 6.92 Å². The third-order valence-corrected chi connectivity index (χ3v) is 4.72. The molecule has 2 nitrogen and oxygen atoms in total. The van der Waals surface area contributed by atoms with Gasteiger partial charge >= 0.3 is 0 Å². The Kier molecular flexibility index (Phi) is 3.19. The van der Waals surface area contributed by atoms with E-state index in [1.54, 1.807) is 0 Å². The van der Waals surface area contributed by atoms with Gasteiger partial charge in [-0.15, -0.1) is 0 Å². The van der Waals surface area contributed by atoms with E-state index in [1.165, 1.54) is 52.9 Å². The average Bonchev–Trinajstić information content (AvgIpc) is 2.95. The second kappa shape index (κ2) is 5.19. The van der Waals surface area contributed by atoms with Crippen molar-refractivity contribution in [3.05, 3.63) is 64.2 Å². The zero-order valence-corrected chi connectivity index (χ0v) is 12.7. The van der Waals surface area contributed by atoms with Gasteiger partial charge in [-0.1, -0.05) is 35.9 Å². The fourth-order valence-electron chi connectivity index (χ4n) is 3.63. The predicted octanol–water partition coefficient (Wildman–Crippen LogP) is 3.55. The summed E-state index contributed by atoms with van der Waals surface area (Å²) in [6, 6.07) is 13.9. The first-order valence-corrected chi connectivity index (χ1v) is 7.95. The molecular weight excluding hydrogens is 256 g/mol. The molecule has 0 atom stereocenters. The summed E-state index contributed by atoms with van der Waals surface area (Å²) in [5, 5.41) is 3.43. The smallest absolute Gasteiger partial charge is 0.0429 e. The largest absolute Gasteiger partial charge is 0.367 e. The summed E-state index contributed by atoms with van der Waals surface area (Å²) in [4.78, 5) is 2.54. The van der Waals surface area contributed by atoms with Crippen LogP contribution in [-0.2, 0) is 26.1 Å². The first-order chi connectivity index (χ1) is 10.3. The van der Waals surface area contributed by atoms with Gasteiger partial charge in [0.1, 0.15) is 0 Å². The molecule has 2 aromatic rings. The normalized spacial score (nSPS) is 16.7. The van der Waals surface area contributed by atoms with E-state index in [-0.39, 0.29) is 0 Å². The molecule has 0 aromatic heterocycles. The second-order valence-electron chi connectivity index (χ2n) is 6.36. The summed E-state index contributed by atoms with van der Waals surface area (Å²) in [7, 11) is 0. The van der Waals surface area contributed by atoms with Crippen molar-refractivity contribution in [3.8, 4) is 0 Å². The third-order valence-electron chi connectivity index (χ3n) is 4.72. The van der Waals surface area contributed by atoms with Gasteiger partial charge in [0.15, 0.2) is 0 Å². The van der Waals surface area contributed by atoms with Crippen molar-refractivity contribution in [2.45, 2.75) is 39.4 Å². The molecule has 0 aliphatic carbocycles. The summed E-state index contributed by atoms with van der Waals surface area (Å²) < 4.78 is 0. The number of benzene rings is 2. The molecule has 2 aliphatic rings. The van der Waals surface area contributed by atoms with Crippen molar-refractivity contribution in [2.24, 2.45) is 0 Å². The molecule has 2 heteroatoms. The van der Waals surface area contributed by atoms with E-state index in [0.717, 1.165) is 19.6 Å². The molecule has 0 bridgehead atoms. The lowest BCUT2D eigenvalue weighted by atomic mass is 9.98. The van der Waals surface area contributed by atoms with Crippen molar-refractivity contribution in [3.63, 3.8) is 0 Å². The zero-order valence-electron chi connectivity index (χ0n) is 12.7. The van der Waals surface area contributed by atoms with Gasteiger partial charge in [-0.3, -0.25) is 0 Å². The molecule has 0 unspecified atom stereocenters. The van der Waals surface area contributed by atoms with E-state index in [4.69, 9.17) is 0 Å². The highest BCUT2D eigenvalue weighted by atomic mass is 15.1. The minimum Gasteiger partial charge on any atom is -0.367 e. The monoisotopic (exact) mass is 278 g/mol. The maximum Gasteiger partial charge on any atom is 0.0429 e. The molecule has 4 rings (SSSR count). The summed E-state index contributed by atoms with van der Waals surface area (Å²) in [5.74, 6) is 0. The van der Waals surface area contributed by atoms with Crippen molar-refractivity contribution in [1.82, 2.24) is 5.32 Å². The van der Waals surface area contributed by atoms with Gasteiger partial charge in [0.05, 0.1) is 0 Å². The highest BCUT2D eigenvalue weighted by Gasteiger charge is 2.18. The second-order valence-corrected chi connectivity index (χ2v) is 6.36. The standard InChI is InChI=1S/C19H22N2/c1-14-4-7-19-16(9-14)3-2-8-21(19)13-15-5-6-17-11-20-12-18(17)10-15/h4-7,9-10,20H,2-3,8,11-13H2,1H3. The van der Waals surface area contributed by atoms with E-state index in [2.05, 4.69) is 53.5 Å². The number of aryl methyl sites for hydroxylation is 2. The van der Waals surface area contributed by atoms with Crippen LogP contribution >= 0.6 is 0 Å². The Morgan fingerprint density at radius 2 is 1.90 bits per heavy atom. The minimum atomic E-state index is 1.03. The van der Waals surface area contributed by atoms with Gasteiger partial charge in [-0.05, 0) is 48.1 Å². The van der Waals surface area contributed by atoms with Crippen LogP contribution in [0.4, 0.5) is 5.69 Å². The van der Waals surface area contributed by atoms with Crippen LogP contribution in [0.5, 0.6) is 0 Å². The number of hydrogen-bond donors (Lipinski definition) is 1. The van der Waals surface area contributed by atoms with E-state index in [0.29, 0.717) is 0 Å². The summed E-state index contributed by atoms with van der Waals surface area (Å²) in [5.41, 5.74) is 8.71. The molecule has 0 saturated carbocycles. The number of nitrogens with one attached hydrogen (secondary N) is 1. The lowest BCUT2D eigenvalue weighted by molar-refractivity contribution is 0.690. The third kappa shape index (κ3) is 2.44. The highest BCUT2D eigenvalue weighted by molar-refractivity contribution is 5.57. The van der Waals surface area contributed by atoms with Crippen LogP contribution < -0.4 is 10.2 Å². The van der Waals surface area contributed by atoms with Crippen LogP contribution in [0.3, 0.4) is 0 Å². The zero-order chi connectivity index (χ0) is 14.2. The summed E-state index contributed by atoms with van der Waals surface area (Å²) >= 11 is 0. The molecule has 0 spiro atoms. The van der Waals surface area contributed by atoms with Crippen molar-refractivity contribution < 1.29 is 0 Å². The Morgan fingerprint density at radius 1 is 1.00 bits per heavy atom. The van der Waals surface area contributed by atoms with Gasteiger partial charge in [0.25, 0.3) is 0 Å². The first-order valence-electron chi connectivity index (χ1n) is 7.95. The fraction of sp³-hybridized carbons (Fsp3) is 0.368. The van der Waals surface area contributed by atoms with E-state index in [1.807, 2.05) is 0 Å². The van der Waals surface area contributed by atoms with Crippen LogP contribution in [-0.4, -0.2) is 6.54 Å².